The van der Waals surface area contributed by atoms with E-state index in [0.717, 1.165) is 38.4 Å². The van der Waals surface area contributed by atoms with E-state index >= 15 is 0 Å². The number of aromatic nitrogens is 5. The predicted octanol–water partition coefficient (Wildman–Crippen LogP) is -0.0341. The number of rotatable bonds is 6. The maximum absolute atomic E-state index is 12.4. The molecule has 0 radical (unpaired) electrons. The molecule has 126 valence electrons. The van der Waals surface area contributed by atoms with Gasteiger partial charge in [-0.3, -0.25) is 14.1 Å². The van der Waals surface area contributed by atoms with Crippen molar-refractivity contribution in [2.75, 3.05) is 26.8 Å². The van der Waals surface area contributed by atoms with Gasteiger partial charge in [0.05, 0.1) is 19.3 Å². The van der Waals surface area contributed by atoms with E-state index in [2.05, 4.69) is 28.2 Å². The van der Waals surface area contributed by atoms with Crippen LogP contribution < -0.4 is 5.69 Å². The molecule has 1 aliphatic rings. The molecular weight excluding hydrogens is 296 g/mol. The number of ether oxygens (including phenoxy) is 1. The highest BCUT2D eigenvalue weighted by atomic mass is 16.5. The van der Waals surface area contributed by atoms with Crippen LogP contribution in [0.3, 0.4) is 0 Å². The number of hydrogen-bond donors (Lipinski definition) is 0. The van der Waals surface area contributed by atoms with Crippen LogP contribution in [-0.2, 0) is 37.3 Å². The van der Waals surface area contributed by atoms with Crippen LogP contribution in [0.1, 0.15) is 18.3 Å². The van der Waals surface area contributed by atoms with Gasteiger partial charge in [0.25, 0.3) is 0 Å². The summed E-state index contributed by atoms with van der Waals surface area (Å²) in [5.74, 6) is 0.873. The first-order chi connectivity index (χ1) is 11.2. The van der Waals surface area contributed by atoms with E-state index in [0.29, 0.717) is 19.7 Å². The van der Waals surface area contributed by atoms with Gasteiger partial charge in [-0.1, -0.05) is 0 Å². The summed E-state index contributed by atoms with van der Waals surface area (Å²) in [7, 11) is 1.63. The van der Waals surface area contributed by atoms with Gasteiger partial charge in [0.2, 0.25) is 0 Å². The molecule has 0 aromatic carbocycles. The predicted molar refractivity (Wildman–Crippen MR) is 85.2 cm³/mol. The monoisotopic (exact) mass is 320 g/mol. The lowest BCUT2D eigenvalue weighted by molar-refractivity contribution is 0.181. The van der Waals surface area contributed by atoms with Gasteiger partial charge in [-0.2, -0.15) is 10.2 Å². The Morgan fingerprint density at radius 3 is 2.91 bits per heavy atom. The molecule has 0 saturated heterocycles. The summed E-state index contributed by atoms with van der Waals surface area (Å²) in [6.07, 6.45) is 4.79. The number of nitrogens with zero attached hydrogens (tertiary/aromatic N) is 6. The minimum absolute atomic E-state index is 0.0299. The van der Waals surface area contributed by atoms with Crippen LogP contribution in [0.5, 0.6) is 0 Å². The van der Waals surface area contributed by atoms with E-state index < -0.39 is 0 Å². The summed E-state index contributed by atoms with van der Waals surface area (Å²) in [5.41, 5.74) is 1.18. The van der Waals surface area contributed by atoms with Crippen molar-refractivity contribution >= 4 is 0 Å². The molecule has 3 heterocycles. The van der Waals surface area contributed by atoms with Crippen molar-refractivity contribution in [3.05, 3.63) is 34.3 Å². The first kappa shape index (κ1) is 15.9. The number of aryl methyl sites for hydroxylation is 1. The molecule has 0 atom stereocenters. The second-order valence-corrected chi connectivity index (χ2v) is 5.80. The molecule has 0 aliphatic carbocycles. The van der Waals surface area contributed by atoms with Gasteiger partial charge in [-0.25, -0.2) is 9.48 Å². The molecule has 2 aromatic heterocycles. The summed E-state index contributed by atoms with van der Waals surface area (Å²) in [6.45, 7) is 7.27. The molecule has 2 aromatic rings. The third kappa shape index (κ3) is 3.53. The second kappa shape index (κ2) is 7.10. The molecular formula is C15H24N6O2. The number of methoxy groups -OCH3 is 1. The number of hydrogen-bond acceptors (Lipinski definition) is 5. The van der Waals surface area contributed by atoms with E-state index in [1.54, 1.807) is 11.7 Å². The maximum atomic E-state index is 12.4. The van der Waals surface area contributed by atoms with Crippen molar-refractivity contribution in [2.45, 2.75) is 39.5 Å². The average molecular weight is 320 g/mol. The zero-order valence-corrected chi connectivity index (χ0v) is 13.8. The molecule has 0 bridgehead atoms. The highest BCUT2D eigenvalue weighted by molar-refractivity contribution is 5.04. The van der Waals surface area contributed by atoms with Gasteiger partial charge in [0, 0.05) is 58.0 Å². The van der Waals surface area contributed by atoms with Crippen LogP contribution in [0.15, 0.2) is 17.2 Å². The molecule has 23 heavy (non-hydrogen) atoms. The lowest BCUT2D eigenvalue weighted by Crippen LogP contribution is -2.31. The third-order valence-corrected chi connectivity index (χ3v) is 4.22. The first-order valence-electron chi connectivity index (χ1n) is 8.10. The molecule has 1 aliphatic heterocycles. The minimum Gasteiger partial charge on any atom is -0.383 e. The molecule has 0 unspecified atom stereocenters. The largest absolute Gasteiger partial charge is 0.383 e. The topological polar surface area (TPSA) is 70.1 Å². The van der Waals surface area contributed by atoms with E-state index in [-0.39, 0.29) is 5.69 Å². The lowest BCUT2D eigenvalue weighted by Gasteiger charge is -2.18. The van der Waals surface area contributed by atoms with Crippen molar-refractivity contribution in [1.29, 1.82) is 0 Å². The Labute approximate surface area is 135 Å². The molecule has 8 nitrogen and oxygen atoms in total. The van der Waals surface area contributed by atoms with Gasteiger partial charge in [-0.05, 0) is 6.92 Å². The Morgan fingerprint density at radius 2 is 2.17 bits per heavy atom. The highest BCUT2D eigenvalue weighted by Crippen LogP contribution is 2.09. The second-order valence-electron chi connectivity index (χ2n) is 5.80. The Bertz CT molecular complexity index is 701. The van der Waals surface area contributed by atoms with Crippen LogP contribution in [0.4, 0.5) is 0 Å². The molecule has 0 amide bonds. The average Bonchev–Trinajstić information content (AvgIpc) is 3.06. The van der Waals surface area contributed by atoms with Gasteiger partial charge < -0.3 is 4.74 Å². The molecule has 0 fully saturated rings. The Hall–Kier alpha value is -1.93. The molecule has 3 rings (SSSR count). The maximum Gasteiger partial charge on any atom is 0.346 e. The normalized spacial score (nSPS) is 15.6. The zero-order valence-electron chi connectivity index (χ0n) is 13.8. The molecule has 0 spiro atoms. The van der Waals surface area contributed by atoms with E-state index in [9.17, 15) is 4.79 Å². The van der Waals surface area contributed by atoms with Crippen LogP contribution in [0.25, 0.3) is 0 Å². The molecule has 8 heteroatoms. The van der Waals surface area contributed by atoms with Gasteiger partial charge in [-0.15, -0.1) is 0 Å². The smallest absolute Gasteiger partial charge is 0.346 e. The Morgan fingerprint density at radius 1 is 1.30 bits per heavy atom. The quantitative estimate of drug-likeness (QED) is 0.747. The zero-order chi connectivity index (χ0) is 16.2. The number of fused-ring (bicyclic) bond motifs is 1. The van der Waals surface area contributed by atoms with Crippen molar-refractivity contribution in [2.24, 2.45) is 0 Å². The van der Waals surface area contributed by atoms with Gasteiger partial charge >= 0.3 is 5.69 Å². The van der Waals surface area contributed by atoms with Crippen molar-refractivity contribution in [1.82, 2.24) is 29.0 Å². The van der Waals surface area contributed by atoms with E-state index in [4.69, 9.17) is 4.74 Å². The van der Waals surface area contributed by atoms with Crippen molar-refractivity contribution < 1.29 is 4.74 Å². The van der Waals surface area contributed by atoms with Crippen LogP contribution in [-0.4, -0.2) is 55.8 Å². The summed E-state index contributed by atoms with van der Waals surface area (Å²) in [4.78, 5) is 14.7. The Kier molecular flexibility index (Phi) is 4.92. The van der Waals surface area contributed by atoms with E-state index in [1.807, 2.05) is 10.9 Å². The van der Waals surface area contributed by atoms with E-state index in [1.165, 1.54) is 10.2 Å². The van der Waals surface area contributed by atoms with Crippen LogP contribution in [0, 0.1) is 0 Å². The molecule has 0 N–H and O–H groups in total. The fourth-order valence-electron chi connectivity index (χ4n) is 2.91. The minimum atomic E-state index is -0.0299. The Balaban J connectivity index is 1.65. The SMILES string of the molecule is CCn1cc(CN2CCc3nn(CCOC)c(=O)n3CC2)cn1. The van der Waals surface area contributed by atoms with Crippen LogP contribution in [0.2, 0.25) is 0 Å². The van der Waals surface area contributed by atoms with Gasteiger partial charge in [0.1, 0.15) is 5.82 Å². The summed E-state index contributed by atoms with van der Waals surface area (Å²) in [5, 5.41) is 8.77. The first-order valence-corrected chi connectivity index (χ1v) is 8.10. The fraction of sp³-hybridized carbons (Fsp3) is 0.667. The van der Waals surface area contributed by atoms with Crippen LogP contribution >= 0.6 is 0 Å². The summed E-state index contributed by atoms with van der Waals surface area (Å²) in [6, 6.07) is 0. The third-order valence-electron chi connectivity index (χ3n) is 4.22. The highest BCUT2D eigenvalue weighted by Gasteiger charge is 2.19. The molecule has 0 saturated carbocycles. The fourth-order valence-corrected chi connectivity index (χ4v) is 2.91. The summed E-state index contributed by atoms with van der Waals surface area (Å²) < 4.78 is 10.3. The van der Waals surface area contributed by atoms with Crippen molar-refractivity contribution in [3.8, 4) is 0 Å². The standard InChI is InChI=1S/C15H24N6O2/c1-3-19-12-13(10-16-19)11-18-5-4-14-17-21(8-9-23-2)15(22)20(14)7-6-18/h10,12H,3-9,11H2,1-2H3. The van der Waals surface area contributed by atoms with Crippen molar-refractivity contribution in [3.63, 3.8) is 0 Å². The summed E-state index contributed by atoms with van der Waals surface area (Å²) >= 11 is 0. The van der Waals surface area contributed by atoms with Gasteiger partial charge in [0.15, 0.2) is 0 Å². The lowest BCUT2D eigenvalue weighted by atomic mass is 10.3.